The van der Waals surface area contributed by atoms with E-state index in [2.05, 4.69) is 29.6 Å². The van der Waals surface area contributed by atoms with Crippen molar-refractivity contribution in [3.05, 3.63) is 29.1 Å². The number of hydrogen-bond acceptors (Lipinski definition) is 3. The van der Waals surface area contributed by atoms with Crippen LogP contribution >= 0.6 is 0 Å². The van der Waals surface area contributed by atoms with Gasteiger partial charge in [0, 0.05) is 17.8 Å². The van der Waals surface area contributed by atoms with Crippen LogP contribution in [-0.2, 0) is 22.4 Å². The van der Waals surface area contributed by atoms with E-state index < -0.39 is 0 Å². The number of pyridine rings is 1. The van der Waals surface area contributed by atoms with Crippen molar-refractivity contribution in [3.8, 4) is 0 Å². The Labute approximate surface area is 96.8 Å². The molecule has 0 aliphatic carbocycles. The van der Waals surface area contributed by atoms with Gasteiger partial charge >= 0.3 is 0 Å². The molecule has 3 heteroatoms. The van der Waals surface area contributed by atoms with Crippen molar-refractivity contribution in [1.29, 1.82) is 0 Å². The number of aryl methyl sites for hydroxylation is 1. The lowest BCUT2D eigenvalue weighted by Crippen LogP contribution is -2.03. The molecule has 1 rings (SSSR count). The monoisotopic (exact) mass is 221 g/mol. The second kappa shape index (κ2) is 6.26. The molecule has 0 atom stereocenters. The van der Waals surface area contributed by atoms with Gasteiger partial charge in [-0.3, -0.25) is 9.78 Å². The highest BCUT2D eigenvalue weighted by Crippen LogP contribution is 2.12. The maximum atomic E-state index is 9.99. The van der Waals surface area contributed by atoms with Crippen molar-refractivity contribution in [2.45, 2.75) is 33.6 Å². The van der Waals surface area contributed by atoms with Crippen LogP contribution < -0.4 is 0 Å². The maximum absolute atomic E-state index is 9.99. The van der Waals surface area contributed by atoms with Crippen LogP contribution in [0.4, 0.5) is 0 Å². The molecule has 0 fully saturated rings. The summed E-state index contributed by atoms with van der Waals surface area (Å²) in [6.45, 7) is 7.30. The summed E-state index contributed by atoms with van der Waals surface area (Å²) < 4.78 is 4.65. The van der Waals surface area contributed by atoms with E-state index in [0.717, 1.165) is 17.8 Å². The van der Waals surface area contributed by atoms with Crippen molar-refractivity contribution in [2.24, 2.45) is 5.92 Å². The minimum Gasteiger partial charge on any atom is -0.467 e. The van der Waals surface area contributed by atoms with E-state index >= 15 is 0 Å². The van der Waals surface area contributed by atoms with Gasteiger partial charge in [0.05, 0.1) is 6.61 Å². The summed E-state index contributed by atoms with van der Waals surface area (Å²) in [5, 5.41) is 0. The first-order chi connectivity index (χ1) is 7.63. The van der Waals surface area contributed by atoms with Crippen LogP contribution in [0.3, 0.4) is 0 Å². The summed E-state index contributed by atoms with van der Waals surface area (Å²) in [5.74, 6) is 0.643. The Bertz CT molecular complexity index is 348. The van der Waals surface area contributed by atoms with Gasteiger partial charge in [0.25, 0.3) is 6.47 Å². The van der Waals surface area contributed by atoms with Crippen molar-refractivity contribution in [1.82, 2.24) is 4.98 Å². The quantitative estimate of drug-likeness (QED) is 0.546. The predicted octanol–water partition coefficient (Wildman–Crippen LogP) is 2.30. The molecular formula is C13H19NO2. The molecule has 0 aromatic carbocycles. The Balaban J connectivity index is 2.63. The molecule has 0 aliphatic heterocycles. The third-order valence-corrected chi connectivity index (χ3v) is 2.43. The van der Waals surface area contributed by atoms with Crippen LogP contribution in [0.5, 0.6) is 0 Å². The van der Waals surface area contributed by atoms with Crippen molar-refractivity contribution in [2.75, 3.05) is 6.61 Å². The second-order valence-corrected chi connectivity index (χ2v) is 4.36. The van der Waals surface area contributed by atoms with Crippen LogP contribution in [0.2, 0.25) is 0 Å². The molecule has 0 radical (unpaired) electrons. The van der Waals surface area contributed by atoms with Gasteiger partial charge in [0.15, 0.2) is 0 Å². The first-order valence-electron chi connectivity index (χ1n) is 5.64. The summed E-state index contributed by atoms with van der Waals surface area (Å²) in [6, 6.07) is 4.14. The Morgan fingerprint density at radius 1 is 1.44 bits per heavy atom. The SMILES string of the molecule is Cc1nc(CCOC=O)ccc1CC(C)C. The molecule has 1 aromatic rings. The average molecular weight is 221 g/mol. The maximum Gasteiger partial charge on any atom is 0.293 e. The highest BCUT2D eigenvalue weighted by molar-refractivity contribution is 5.36. The first kappa shape index (κ1) is 12.7. The van der Waals surface area contributed by atoms with Crippen LogP contribution in [0, 0.1) is 12.8 Å². The summed E-state index contributed by atoms with van der Waals surface area (Å²) in [5.41, 5.74) is 3.36. The Morgan fingerprint density at radius 3 is 2.75 bits per heavy atom. The molecule has 0 amide bonds. The standard InChI is InChI=1S/C13H19NO2/c1-10(2)8-12-4-5-13(14-11(12)3)6-7-16-9-15/h4-5,9-10H,6-8H2,1-3H3. The van der Waals surface area contributed by atoms with Crippen LogP contribution in [0.25, 0.3) is 0 Å². The van der Waals surface area contributed by atoms with Gasteiger partial charge in [-0.25, -0.2) is 0 Å². The first-order valence-corrected chi connectivity index (χ1v) is 5.64. The zero-order valence-electron chi connectivity index (χ0n) is 10.2. The summed E-state index contributed by atoms with van der Waals surface area (Å²) >= 11 is 0. The smallest absolute Gasteiger partial charge is 0.293 e. The van der Waals surface area contributed by atoms with E-state index in [1.54, 1.807) is 0 Å². The lowest BCUT2D eigenvalue weighted by atomic mass is 10.0. The highest BCUT2D eigenvalue weighted by atomic mass is 16.5. The molecule has 0 N–H and O–H groups in total. The lowest BCUT2D eigenvalue weighted by molar-refractivity contribution is -0.128. The molecule has 0 spiro atoms. The van der Waals surface area contributed by atoms with Gasteiger partial charge < -0.3 is 4.74 Å². The molecule has 16 heavy (non-hydrogen) atoms. The van der Waals surface area contributed by atoms with E-state index in [-0.39, 0.29) is 0 Å². The Morgan fingerprint density at radius 2 is 2.19 bits per heavy atom. The van der Waals surface area contributed by atoms with Gasteiger partial charge in [0.1, 0.15) is 0 Å². The van der Waals surface area contributed by atoms with E-state index in [1.807, 2.05) is 13.0 Å². The fourth-order valence-corrected chi connectivity index (χ4v) is 1.65. The number of hydrogen-bond donors (Lipinski definition) is 0. The topological polar surface area (TPSA) is 39.2 Å². The number of carbonyl (C=O) groups excluding carboxylic acids is 1. The Hall–Kier alpha value is -1.38. The van der Waals surface area contributed by atoms with Gasteiger partial charge in [-0.15, -0.1) is 0 Å². The minimum atomic E-state index is 0.402. The number of ether oxygens (including phenoxy) is 1. The van der Waals surface area contributed by atoms with Gasteiger partial charge in [0.2, 0.25) is 0 Å². The predicted molar refractivity (Wildman–Crippen MR) is 63.2 cm³/mol. The fourth-order valence-electron chi connectivity index (χ4n) is 1.65. The molecule has 1 heterocycles. The molecule has 0 saturated heterocycles. The number of nitrogens with zero attached hydrogens (tertiary/aromatic N) is 1. The van der Waals surface area contributed by atoms with E-state index in [9.17, 15) is 4.79 Å². The zero-order valence-corrected chi connectivity index (χ0v) is 10.2. The molecule has 88 valence electrons. The average Bonchev–Trinajstić information content (AvgIpc) is 2.22. The number of rotatable bonds is 6. The van der Waals surface area contributed by atoms with Crippen LogP contribution in [-0.4, -0.2) is 18.1 Å². The van der Waals surface area contributed by atoms with E-state index in [1.165, 1.54) is 5.56 Å². The molecule has 0 bridgehead atoms. The third-order valence-electron chi connectivity index (χ3n) is 2.43. The lowest BCUT2D eigenvalue weighted by Gasteiger charge is -2.09. The second-order valence-electron chi connectivity index (χ2n) is 4.36. The zero-order chi connectivity index (χ0) is 12.0. The van der Waals surface area contributed by atoms with Crippen molar-refractivity contribution in [3.63, 3.8) is 0 Å². The summed E-state index contributed by atoms with van der Waals surface area (Å²) in [6.07, 6.45) is 1.74. The van der Waals surface area contributed by atoms with Gasteiger partial charge in [-0.1, -0.05) is 19.9 Å². The van der Waals surface area contributed by atoms with Crippen LogP contribution in [0.1, 0.15) is 30.8 Å². The number of carbonyl (C=O) groups is 1. The highest BCUT2D eigenvalue weighted by Gasteiger charge is 2.04. The molecule has 0 unspecified atom stereocenters. The molecule has 3 nitrogen and oxygen atoms in total. The Kier molecular flexibility index (Phi) is 4.96. The summed E-state index contributed by atoms with van der Waals surface area (Å²) in [7, 11) is 0. The largest absolute Gasteiger partial charge is 0.467 e. The van der Waals surface area contributed by atoms with E-state index in [0.29, 0.717) is 25.4 Å². The molecule has 0 saturated carbocycles. The van der Waals surface area contributed by atoms with Gasteiger partial charge in [-0.05, 0) is 30.9 Å². The normalized spacial score (nSPS) is 10.5. The van der Waals surface area contributed by atoms with Crippen molar-refractivity contribution < 1.29 is 9.53 Å². The summed E-state index contributed by atoms with van der Waals surface area (Å²) in [4.78, 5) is 14.5. The number of aromatic nitrogens is 1. The van der Waals surface area contributed by atoms with Gasteiger partial charge in [-0.2, -0.15) is 0 Å². The third kappa shape index (κ3) is 4.01. The molecule has 0 aliphatic rings. The fraction of sp³-hybridized carbons (Fsp3) is 0.538. The van der Waals surface area contributed by atoms with Crippen LogP contribution in [0.15, 0.2) is 12.1 Å². The minimum absolute atomic E-state index is 0.402. The molecule has 1 aromatic heterocycles. The van der Waals surface area contributed by atoms with Crippen molar-refractivity contribution >= 4 is 6.47 Å². The van der Waals surface area contributed by atoms with E-state index in [4.69, 9.17) is 0 Å². The molecular weight excluding hydrogens is 202 g/mol.